The van der Waals surface area contributed by atoms with Gasteiger partial charge in [0.2, 0.25) is 0 Å². The van der Waals surface area contributed by atoms with Crippen molar-refractivity contribution in [3.8, 4) is 17.2 Å². The molecule has 0 radical (unpaired) electrons. The fraction of sp³-hybridized carbons (Fsp3) is 0.133. The van der Waals surface area contributed by atoms with Gasteiger partial charge in [-0.25, -0.2) is 0 Å². The Hall–Kier alpha value is -0.340. The first-order valence-electron chi connectivity index (χ1n) is 6.40. The van der Waals surface area contributed by atoms with E-state index in [1.165, 1.54) is 0 Å². The lowest BCUT2D eigenvalue weighted by atomic mass is 10.1. The molecule has 0 bridgehead atoms. The number of ether oxygens (including phenoxy) is 1. The minimum Gasteiger partial charge on any atom is -0.508 e. The third-order valence-corrected chi connectivity index (χ3v) is 5.41. The van der Waals surface area contributed by atoms with Crippen LogP contribution >= 0.6 is 67.8 Å². The summed E-state index contributed by atoms with van der Waals surface area (Å²) in [5, 5.41) is 18.4. The third kappa shape index (κ3) is 5.06. The molecule has 2 rings (SSSR count). The second-order valence-corrected chi connectivity index (χ2v) is 8.24. The average Bonchev–Trinajstić information content (AvgIpc) is 2.44. The smallest absolute Gasteiger partial charge is 0.320 e. The minimum atomic E-state index is -1.02. The molecule has 0 amide bonds. The zero-order valence-electron chi connectivity index (χ0n) is 11.6. The molecule has 2 aromatic carbocycles. The SMILES string of the molecule is N[C@H](Cc1ccc(Oc2c(I)cc(O)cc2I)c(I)c1)C(=O)O. The molecule has 1 atom stereocenters. The van der Waals surface area contributed by atoms with E-state index in [-0.39, 0.29) is 12.2 Å². The average molecular weight is 651 g/mol. The summed E-state index contributed by atoms with van der Waals surface area (Å²) in [6, 6.07) is 7.80. The number of hydrogen-bond acceptors (Lipinski definition) is 4. The van der Waals surface area contributed by atoms with Crippen LogP contribution in [0.5, 0.6) is 17.2 Å². The van der Waals surface area contributed by atoms with Crippen LogP contribution in [0.2, 0.25) is 0 Å². The Bertz CT molecular complexity index is 728. The standard InChI is InChI=1S/C15H12I3NO4/c16-9-3-7(4-12(19)15(21)22)1-2-13(9)23-14-10(17)5-8(20)6-11(14)18/h1-3,5-6,12,20H,4,19H2,(H,21,22)/t12-/m1/s1. The van der Waals surface area contributed by atoms with Crippen LogP contribution in [0.15, 0.2) is 30.3 Å². The summed E-state index contributed by atoms with van der Waals surface area (Å²) in [6.45, 7) is 0. The van der Waals surface area contributed by atoms with Crippen molar-refractivity contribution in [3.63, 3.8) is 0 Å². The normalized spacial score (nSPS) is 12.0. The highest BCUT2D eigenvalue weighted by molar-refractivity contribution is 14.1. The lowest BCUT2D eigenvalue weighted by Gasteiger charge is -2.13. The van der Waals surface area contributed by atoms with Crippen molar-refractivity contribution >= 4 is 73.7 Å². The van der Waals surface area contributed by atoms with Gasteiger partial charge in [-0.2, -0.15) is 0 Å². The molecule has 0 saturated heterocycles. The predicted octanol–water partition coefficient (Wildman–Crippen LogP) is 3.95. The molecular weight excluding hydrogens is 639 g/mol. The monoisotopic (exact) mass is 651 g/mol. The van der Waals surface area contributed by atoms with E-state index in [1.54, 1.807) is 24.3 Å². The van der Waals surface area contributed by atoms with Crippen LogP contribution in [0.1, 0.15) is 5.56 Å². The quantitative estimate of drug-likeness (QED) is 0.427. The van der Waals surface area contributed by atoms with Crippen LogP contribution in [0.25, 0.3) is 0 Å². The Morgan fingerprint density at radius 2 is 1.74 bits per heavy atom. The van der Waals surface area contributed by atoms with E-state index in [9.17, 15) is 9.90 Å². The molecule has 0 unspecified atom stereocenters. The highest BCUT2D eigenvalue weighted by Gasteiger charge is 2.15. The summed E-state index contributed by atoms with van der Waals surface area (Å²) in [6.07, 6.45) is 0.264. The maximum absolute atomic E-state index is 10.8. The Kier molecular flexibility index (Phi) is 6.74. The highest BCUT2D eigenvalue weighted by atomic mass is 127. The molecule has 23 heavy (non-hydrogen) atoms. The summed E-state index contributed by atoms with van der Waals surface area (Å²) >= 11 is 6.35. The number of benzene rings is 2. The van der Waals surface area contributed by atoms with Gasteiger partial charge >= 0.3 is 5.97 Å². The number of carboxylic acids is 1. The molecule has 0 heterocycles. The van der Waals surface area contributed by atoms with Crippen LogP contribution in [0.4, 0.5) is 0 Å². The lowest BCUT2D eigenvalue weighted by Crippen LogP contribution is -2.32. The molecule has 122 valence electrons. The largest absolute Gasteiger partial charge is 0.508 e. The summed E-state index contributed by atoms with van der Waals surface area (Å²) in [4.78, 5) is 10.8. The first-order valence-corrected chi connectivity index (χ1v) is 9.64. The van der Waals surface area contributed by atoms with Crippen molar-refractivity contribution in [1.82, 2.24) is 0 Å². The van der Waals surface area contributed by atoms with Gasteiger partial charge in [-0.15, -0.1) is 0 Å². The van der Waals surface area contributed by atoms with E-state index < -0.39 is 12.0 Å². The van der Waals surface area contributed by atoms with E-state index in [4.69, 9.17) is 15.6 Å². The van der Waals surface area contributed by atoms with Crippen LogP contribution in [0, 0.1) is 10.7 Å². The Morgan fingerprint density at radius 1 is 1.13 bits per heavy atom. The van der Waals surface area contributed by atoms with Gasteiger partial charge in [-0.05, 0) is 104 Å². The van der Waals surface area contributed by atoms with Crippen LogP contribution in [0.3, 0.4) is 0 Å². The molecule has 0 spiro atoms. The molecule has 4 N–H and O–H groups in total. The first-order chi connectivity index (χ1) is 10.8. The molecule has 0 aliphatic rings. The van der Waals surface area contributed by atoms with Gasteiger partial charge in [-0.3, -0.25) is 4.79 Å². The first kappa shape index (κ1) is 19.0. The summed E-state index contributed by atoms with van der Waals surface area (Å²) in [7, 11) is 0. The van der Waals surface area contributed by atoms with Crippen molar-refractivity contribution < 1.29 is 19.7 Å². The van der Waals surface area contributed by atoms with Gasteiger partial charge in [-0.1, -0.05) is 6.07 Å². The summed E-state index contributed by atoms with van der Waals surface area (Å²) in [5.74, 6) is 0.518. The Labute approximate surface area is 174 Å². The fourth-order valence-electron chi connectivity index (χ4n) is 1.85. The number of phenolic OH excluding ortho intramolecular Hbond substituents is 1. The van der Waals surface area contributed by atoms with Crippen molar-refractivity contribution in [2.75, 3.05) is 0 Å². The van der Waals surface area contributed by atoms with E-state index >= 15 is 0 Å². The number of aromatic hydroxyl groups is 1. The van der Waals surface area contributed by atoms with E-state index in [0.29, 0.717) is 11.5 Å². The summed E-state index contributed by atoms with van der Waals surface area (Å²) in [5.41, 5.74) is 6.39. The van der Waals surface area contributed by atoms with Crippen molar-refractivity contribution in [2.24, 2.45) is 5.73 Å². The van der Waals surface area contributed by atoms with Gasteiger partial charge in [0.05, 0.1) is 10.7 Å². The number of carboxylic acid groups (broad SMARTS) is 1. The van der Waals surface area contributed by atoms with Gasteiger partial charge in [0.1, 0.15) is 17.5 Å². The second-order valence-electron chi connectivity index (χ2n) is 4.75. The third-order valence-electron chi connectivity index (χ3n) is 2.96. The molecule has 2 aromatic rings. The number of halogens is 3. The van der Waals surface area contributed by atoms with Gasteiger partial charge in [0, 0.05) is 0 Å². The van der Waals surface area contributed by atoms with Crippen LogP contribution in [-0.4, -0.2) is 22.2 Å². The number of aliphatic carboxylic acids is 1. The van der Waals surface area contributed by atoms with Gasteiger partial charge < -0.3 is 20.7 Å². The van der Waals surface area contributed by atoms with Crippen LogP contribution in [-0.2, 0) is 11.2 Å². The minimum absolute atomic E-state index is 0.193. The van der Waals surface area contributed by atoms with Crippen LogP contribution < -0.4 is 10.5 Å². The fourth-order valence-corrected chi connectivity index (χ4v) is 4.49. The topological polar surface area (TPSA) is 92.8 Å². The van der Waals surface area contributed by atoms with Crippen molar-refractivity contribution in [1.29, 1.82) is 0 Å². The predicted molar refractivity (Wildman–Crippen MR) is 112 cm³/mol. The number of phenols is 1. The molecular formula is C15H12I3NO4. The van der Waals surface area contributed by atoms with Gasteiger partial charge in [0.25, 0.3) is 0 Å². The van der Waals surface area contributed by atoms with E-state index in [2.05, 4.69) is 67.8 Å². The number of rotatable bonds is 5. The molecule has 0 aliphatic carbocycles. The molecule has 8 heteroatoms. The Morgan fingerprint density at radius 3 is 2.26 bits per heavy atom. The highest BCUT2D eigenvalue weighted by Crippen LogP contribution is 2.36. The number of carbonyl (C=O) groups is 1. The zero-order valence-corrected chi connectivity index (χ0v) is 18.1. The zero-order chi connectivity index (χ0) is 17.1. The van der Waals surface area contributed by atoms with Crippen molar-refractivity contribution in [2.45, 2.75) is 12.5 Å². The molecule has 0 aliphatic heterocycles. The number of hydrogen-bond donors (Lipinski definition) is 3. The summed E-state index contributed by atoms with van der Waals surface area (Å²) < 4.78 is 8.42. The van der Waals surface area contributed by atoms with E-state index in [1.807, 2.05) is 6.07 Å². The maximum atomic E-state index is 10.8. The number of nitrogens with two attached hydrogens (primary N) is 1. The molecule has 0 aromatic heterocycles. The van der Waals surface area contributed by atoms with E-state index in [0.717, 1.165) is 16.3 Å². The lowest BCUT2D eigenvalue weighted by molar-refractivity contribution is -0.138. The Balaban J connectivity index is 2.24. The molecule has 5 nitrogen and oxygen atoms in total. The molecule has 0 fully saturated rings. The van der Waals surface area contributed by atoms with Gasteiger partial charge in [0.15, 0.2) is 5.75 Å². The second kappa shape index (κ2) is 8.16. The molecule has 0 saturated carbocycles. The maximum Gasteiger partial charge on any atom is 0.320 e. The van der Waals surface area contributed by atoms with Crippen molar-refractivity contribution in [3.05, 3.63) is 46.6 Å².